The Bertz CT molecular complexity index is 816. The fraction of sp³-hybridized carbons (Fsp3) is 0.949. The van der Waals surface area contributed by atoms with Gasteiger partial charge in [0.2, 0.25) is 0 Å². The number of carboxylic acids is 1. The number of carbonyl (C=O) groups is 2. The summed E-state index contributed by atoms with van der Waals surface area (Å²) in [7, 11) is -4.60. The van der Waals surface area contributed by atoms with Crippen molar-refractivity contribution in [3.05, 3.63) is 0 Å². The maximum atomic E-state index is 12.6. The third-order valence-corrected chi connectivity index (χ3v) is 10.1. The van der Waals surface area contributed by atoms with Crippen LogP contribution in [0.1, 0.15) is 200 Å². The van der Waals surface area contributed by atoms with Crippen LogP contribution < -0.4 is 5.73 Å². The van der Waals surface area contributed by atoms with Gasteiger partial charge >= 0.3 is 19.8 Å². The van der Waals surface area contributed by atoms with E-state index in [-0.39, 0.29) is 13.0 Å². The normalized spacial score (nSPS) is 14.0. The van der Waals surface area contributed by atoms with Crippen molar-refractivity contribution in [1.29, 1.82) is 0 Å². The van der Waals surface area contributed by atoms with E-state index in [1.165, 1.54) is 141 Å². The van der Waals surface area contributed by atoms with Crippen molar-refractivity contribution < 1.29 is 42.7 Å². The van der Waals surface area contributed by atoms with E-state index in [9.17, 15) is 19.0 Å². The fourth-order valence-corrected chi connectivity index (χ4v) is 6.68. The minimum absolute atomic E-state index is 0.0254. The molecule has 11 heteroatoms. The number of carbonyl (C=O) groups excluding carboxylic acids is 1. The van der Waals surface area contributed by atoms with Crippen LogP contribution in [0.4, 0.5) is 0 Å². The average Bonchev–Trinajstić information content (AvgIpc) is 3.09. The number of aliphatic carboxylic acids is 1. The van der Waals surface area contributed by atoms with Crippen LogP contribution in [0.5, 0.6) is 0 Å². The highest BCUT2D eigenvalue weighted by Crippen LogP contribution is 2.43. The van der Waals surface area contributed by atoms with Crippen molar-refractivity contribution in [2.24, 2.45) is 5.73 Å². The van der Waals surface area contributed by atoms with Crippen molar-refractivity contribution in [1.82, 2.24) is 0 Å². The lowest BCUT2D eigenvalue weighted by Gasteiger charge is -2.20. The maximum Gasteiger partial charge on any atom is 0.472 e. The molecule has 4 N–H and O–H groups in total. The molecule has 0 rings (SSSR count). The first-order chi connectivity index (χ1) is 24.2. The van der Waals surface area contributed by atoms with Crippen LogP contribution in [0.3, 0.4) is 0 Å². The third kappa shape index (κ3) is 35.4. The number of phosphoric acid groups is 1. The monoisotopic (exact) mass is 736 g/mol. The number of hydrogen-bond donors (Lipinski definition) is 3. The number of phosphoric ester groups is 1. The van der Waals surface area contributed by atoms with E-state index >= 15 is 0 Å². The minimum Gasteiger partial charge on any atom is -0.480 e. The Morgan fingerprint density at radius 1 is 0.560 bits per heavy atom. The van der Waals surface area contributed by atoms with Gasteiger partial charge in [0, 0.05) is 13.0 Å². The lowest BCUT2D eigenvalue weighted by Crippen LogP contribution is -2.34. The summed E-state index contributed by atoms with van der Waals surface area (Å²) in [5.41, 5.74) is 5.34. The summed E-state index contributed by atoms with van der Waals surface area (Å²) in [5.74, 6) is -1.77. The van der Waals surface area contributed by atoms with Crippen molar-refractivity contribution in [3.63, 3.8) is 0 Å². The Morgan fingerprint density at radius 3 is 1.32 bits per heavy atom. The predicted molar refractivity (Wildman–Crippen MR) is 203 cm³/mol. The van der Waals surface area contributed by atoms with E-state index in [0.29, 0.717) is 6.61 Å². The van der Waals surface area contributed by atoms with Gasteiger partial charge in [-0.15, -0.1) is 0 Å². The largest absolute Gasteiger partial charge is 0.480 e. The van der Waals surface area contributed by atoms with E-state index in [1.54, 1.807) is 0 Å². The molecule has 0 spiro atoms. The molecule has 0 amide bonds. The van der Waals surface area contributed by atoms with Crippen molar-refractivity contribution in [2.75, 3.05) is 26.4 Å². The number of esters is 1. The third-order valence-electron chi connectivity index (χ3n) is 9.14. The summed E-state index contributed by atoms with van der Waals surface area (Å²) in [5, 5.41) is 8.87. The lowest BCUT2D eigenvalue weighted by atomic mass is 10.0. The summed E-state index contributed by atoms with van der Waals surface area (Å²) in [4.78, 5) is 33.4. The molecular formula is C39H78NO9P. The predicted octanol–water partition coefficient (Wildman–Crippen LogP) is 10.8. The first-order valence-corrected chi connectivity index (χ1v) is 22.1. The van der Waals surface area contributed by atoms with E-state index < -0.39 is 45.1 Å². The zero-order chi connectivity index (χ0) is 37.0. The molecule has 0 aromatic carbocycles. The number of hydrogen-bond acceptors (Lipinski definition) is 8. The van der Waals surface area contributed by atoms with Crippen LogP contribution in [-0.4, -0.2) is 60.5 Å². The van der Waals surface area contributed by atoms with Gasteiger partial charge < -0.3 is 25.2 Å². The molecule has 0 bridgehead atoms. The van der Waals surface area contributed by atoms with Crippen LogP contribution in [-0.2, 0) is 32.7 Å². The van der Waals surface area contributed by atoms with Crippen LogP contribution in [0.25, 0.3) is 0 Å². The van der Waals surface area contributed by atoms with Crippen LogP contribution in [0.15, 0.2) is 0 Å². The molecule has 0 heterocycles. The molecule has 0 saturated heterocycles. The fourth-order valence-electron chi connectivity index (χ4n) is 5.90. The van der Waals surface area contributed by atoms with Crippen LogP contribution in [0, 0.1) is 0 Å². The van der Waals surface area contributed by atoms with E-state index in [4.69, 9.17) is 29.4 Å². The molecule has 0 aromatic rings. The molecule has 10 nitrogen and oxygen atoms in total. The molecule has 0 aliphatic heterocycles. The zero-order valence-corrected chi connectivity index (χ0v) is 33.2. The molecule has 3 atom stereocenters. The second kappa shape index (κ2) is 36.3. The smallest absolute Gasteiger partial charge is 0.472 e. The second-order valence-corrected chi connectivity index (χ2v) is 15.6. The molecule has 0 radical (unpaired) electrons. The summed E-state index contributed by atoms with van der Waals surface area (Å²) >= 11 is 0. The molecule has 298 valence electrons. The Labute approximate surface area is 306 Å². The second-order valence-electron chi connectivity index (χ2n) is 14.1. The summed E-state index contributed by atoms with van der Waals surface area (Å²) in [6, 6.07) is -1.47. The Kier molecular flexibility index (Phi) is 35.6. The van der Waals surface area contributed by atoms with Crippen molar-refractivity contribution in [2.45, 2.75) is 212 Å². The van der Waals surface area contributed by atoms with Gasteiger partial charge in [0.25, 0.3) is 0 Å². The van der Waals surface area contributed by atoms with Crippen molar-refractivity contribution >= 4 is 19.8 Å². The average molecular weight is 736 g/mol. The molecular weight excluding hydrogens is 657 g/mol. The van der Waals surface area contributed by atoms with E-state index in [2.05, 4.69) is 13.8 Å². The number of ether oxygens (including phenoxy) is 2. The SMILES string of the molecule is CCCCCCCCCCCCCCCCOC[C@H](COP(=O)(O)OC[C@H](N)C(=O)O)OC(=O)CCCCCCCCCCCCCCCC. The van der Waals surface area contributed by atoms with Gasteiger partial charge in [-0.25, -0.2) is 4.57 Å². The minimum atomic E-state index is -4.60. The summed E-state index contributed by atoms with van der Waals surface area (Å²) in [6.07, 6.45) is 34.3. The highest BCUT2D eigenvalue weighted by Gasteiger charge is 2.27. The number of unbranched alkanes of at least 4 members (excludes halogenated alkanes) is 26. The van der Waals surface area contributed by atoms with E-state index in [0.717, 1.165) is 38.5 Å². The summed E-state index contributed by atoms with van der Waals surface area (Å²) < 4.78 is 33.3. The number of rotatable bonds is 40. The maximum absolute atomic E-state index is 12.6. The molecule has 0 aliphatic rings. The van der Waals surface area contributed by atoms with Gasteiger partial charge in [0.1, 0.15) is 12.1 Å². The van der Waals surface area contributed by atoms with Gasteiger partial charge in [-0.05, 0) is 12.8 Å². The van der Waals surface area contributed by atoms with Gasteiger partial charge in [-0.1, -0.05) is 181 Å². The van der Waals surface area contributed by atoms with E-state index in [1.807, 2.05) is 0 Å². The molecule has 0 aliphatic carbocycles. The molecule has 0 saturated carbocycles. The van der Waals surface area contributed by atoms with Crippen molar-refractivity contribution in [3.8, 4) is 0 Å². The Hall–Kier alpha value is -1.03. The van der Waals surface area contributed by atoms with Gasteiger partial charge in [0.05, 0.1) is 19.8 Å². The van der Waals surface area contributed by atoms with Crippen LogP contribution in [0.2, 0.25) is 0 Å². The summed E-state index contributed by atoms with van der Waals surface area (Å²) in [6.45, 7) is 3.91. The molecule has 0 aromatic heterocycles. The Morgan fingerprint density at radius 2 is 0.920 bits per heavy atom. The zero-order valence-electron chi connectivity index (χ0n) is 32.3. The first kappa shape index (κ1) is 49.0. The highest BCUT2D eigenvalue weighted by molar-refractivity contribution is 7.47. The topological polar surface area (TPSA) is 155 Å². The highest BCUT2D eigenvalue weighted by atomic mass is 31.2. The number of nitrogens with two attached hydrogens (primary N) is 1. The first-order valence-electron chi connectivity index (χ1n) is 20.6. The Balaban J connectivity index is 4.23. The van der Waals surface area contributed by atoms with Gasteiger partial charge in [0.15, 0.2) is 0 Å². The van der Waals surface area contributed by atoms with Crippen LogP contribution >= 0.6 is 7.82 Å². The molecule has 0 fully saturated rings. The quantitative estimate of drug-likeness (QED) is 0.0314. The van der Waals surface area contributed by atoms with Gasteiger partial charge in [-0.2, -0.15) is 0 Å². The number of carboxylic acid groups (broad SMARTS) is 1. The molecule has 1 unspecified atom stereocenters. The standard InChI is InChI=1S/C39H78NO9P/c1-3-5-7-9-11-13-15-17-19-21-23-25-27-29-31-38(41)49-36(34-47-50(44,45)48-35-37(40)39(42)43)33-46-32-30-28-26-24-22-20-18-16-14-12-10-8-6-4-2/h36-37H,3-35,40H2,1-2H3,(H,42,43)(H,44,45)/t36-,37+/m1/s1. The molecule has 50 heavy (non-hydrogen) atoms. The lowest BCUT2D eigenvalue weighted by molar-refractivity contribution is -0.154. The van der Waals surface area contributed by atoms with Gasteiger partial charge in [-0.3, -0.25) is 18.6 Å².